The summed E-state index contributed by atoms with van der Waals surface area (Å²) < 4.78 is 39.2. The van der Waals surface area contributed by atoms with E-state index in [-0.39, 0.29) is 20.2 Å². The quantitative estimate of drug-likeness (QED) is 0.131. The first-order valence-electron chi connectivity index (χ1n) is 13.0. The van der Waals surface area contributed by atoms with Gasteiger partial charge < -0.3 is 14.9 Å². The molecular formula is C37H35F3SiZr-4. The second kappa shape index (κ2) is 15.5. The van der Waals surface area contributed by atoms with Crippen LogP contribution in [0.5, 0.6) is 0 Å². The average molecular weight is 656 g/mol. The predicted octanol–water partition coefficient (Wildman–Crippen LogP) is 11.4. The third-order valence-electron chi connectivity index (χ3n) is 6.95. The van der Waals surface area contributed by atoms with E-state index in [9.17, 15) is 13.2 Å². The third kappa shape index (κ3) is 7.88. The Balaban J connectivity index is 0.000000266. The molecule has 0 amide bonds. The van der Waals surface area contributed by atoms with Gasteiger partial charge in [0.25, 0.3) is 0 Å². The third-order valence-corrected chi connectivity index (χ3v) is 6.95. The first-order valence-corrected chi connectivity index (χ1v) is 17.2. The van der Waals surface area contributed by atoms with Gasteiger partial charge >= 0.3 is 36.4 Å². The fraction of sp³-hybridized carbons (Fsp3) is 0.135. The Kier molecular flexibility index (Phi) is 13.0. The Morgan fingerprint density at radius 3 is 1.74 bits per heavy atom. The van der Waals surface area contributed by atoms with E-state index in [4.69, 9.17) is 0 Å². The first-order chi connectivity index (χ1) is 19.2. The van der Waals surface area contributed by atoms with Crippen LogP contribution in [0.4, 0.5) is 13.2 Å². The van der Waals surface area contributed by atoms with Gasteiger partial charge in [-0.25, -0.2) is 0 Å². The summed E-state index contributed by atoms with van der Waals surface area (Å²) >= 11 is 1.36. The Morgan fingerprint density at radius 1 is 0.667 bits per heavy atom. The summed E-state index contributed by atoms with van der Waals surface area (Å²) in [6.07, 6.45) is -4.33. The van der Waals surface area contributed by atoms with Crippen molar-refractivity contribution in [2.75, 3.05) is 0 Å². The van der Waals surface area contributed by atoms with Crippen molar-refractivity contribution in [1.29, 1.82) is 0 Å². The molecule has 0 aliphatic heterocycles. The summed E-state index contributed by atoms with van der Waals surface area (Å²) in [5.41, 5.74) is 6.09. The van der Waals surface area contributed by atoms with E-state index < -0.39 is 11.7 Å². The molecule has 6 rings (SSSR count). The Morgan fingerprint density at radius 2 is 1.21 bits per heavy atom. The van der Waals surface area contributed by atoms with E-state index in [2.05, 4.69) is 81.4 Å². The van der Waals surface area contributed by atoms with Crippen molar-refractivity contribution in [3.05, 3.63) is 147 Å². The molecule has 5 heteroatoms. The van der Waals surface area contributed by atoms with Crippen LogP contribution in [0.1, 0.15) is 36.5 Å². The normalized spacial score (nSPS) is 10.6. The summed E-state index contributed by atoms with van der Waals surface area (Å²) in [5, 5.41) is 3.65. The maximum absolute atomic E-state index is 13.1. The zero-order valence-electron chi connectivity index (χ0n) is 24.7. The summed E-state index contributed by atoms with van der Waals surface area (Å²) in [5.74, 6) is 0.584. The SMILES string of the molecule is CC(C)c1cc2c(-c3ccccc3)cccc2[cH-]1.Cc1cc2c(-c3ccccc3)ccc(C(F)(F)F)c2[cH-]1.[CH3-].[CH3-].[Si]=[Zr]. The van der Waals surface area contributed by atoms with Gasteiger partial charge in [0, 0.05) is 0 Å². The monoisotopic (exact) mass is 654 g/mol. The molecule has 0 unspecified atom stereocenters. The number of benzene rings is 4. The van der Waals surface area contributed by atoms with Gasteiger partial charge in [-0.1, -0.05) is 111 Å². The Bertz CT molecular complexity index is 1690. The molecule has 0 saturated heterocycles. The van der Waals surface area contributed by atoms with Crippen LogP contribution in [0, 0.1) is 21.8 Å². The molecular weight excluding hydrogens is 621 g/mol. The van der Waals surface area contributed by atoms with E-state index in [1.165, 1.54) is 56.9 Å². The van der Waals surface area contributed by atoms with E-state index in [1.54, 1.807) is 12.1 Å². The summed E-state index contributed by atoms with van der Waals surface area (Å²) in [6.45, 7) is 9.37. The molecule has 0 saturated carbocycles. The Labute approximate surface area is 265 Å². The molecule has 6 aromatic rings. The zero-order chi connectivity index (χ0) is 28.9. The minimum atomic E-state index is -4.33. The van der Waals surface area contributed by atoms with Crippen LogP contribution < -0.4 is 0 Å². The molecule has 0 spiro atoms. The van der Waals surface area contributed by atoms with Crippen molar-refractivity contribution < 1.29 is 36.5 Å². The minimum absolute atomic E-state index is 0. The van der Waals surface area contributed by atoms with Crippen LogP contribution >= 0.6 is 0 Å². The summed E-state index contributed by atoms with van der Waals surface area (Å²) in [4.78, 5) is 0. The molecule has 2 radical (unpaired) electrons. The number of aryl methyl sites for hydroxylation is 1. The van der Waals surface area contributed by atoms with Gasteiger partial charge in [0.05, 0.1) is 0 Å². The number of alkyl halides is 3. The second-order valence-corrected chi connectivity index (χ2v) is 10.0. The van der Waals surface area contributed by atoms with E-state index >= 15 is 0 Å². The molecule has 0 aromatic heterocycles. The molecule has 0 atom stereocenters. The fourth-order valence-corrected chi connectivity index (χ4v) is 5.02. The molecule has 0 nitrogen and oxygen atoms in total. The van der Waals surface area contributed by atoms with Crippen molar-refractivity contribution in [1.82, 2.24) is 0 Å². The van der Waals surface area contributed by atoms with Crippen LogP contribution in [0.2, 0.25) is 0 Å². The van der Waals surface area contributed by atoms with Gasteiger partial charge in [0.2, 0.25) is 0 Å². The van der Waals surface area contributed by atoms with Crippen LogP contribution in [0.3, 0.4) is 0 Å². The molecule has 0 fully saturated rings. The molecule has 216 valence electrons. The molecule has 6 aromatic carbocycles. The van der Waals surface area contributed by atoms with Gasteiger partial charge in [-0.3, -0.25) is 0 Å². The van der Waals surface area contributed by atoms with Crippen molar-refractivity contribution in [2.24, 2.45) is 0 Å². The standard InChI is InChI=1S/C18H17.C17H12F3.2CH3.Si.Zr/c1-13(2)16-11-15-9-6-10-17(18(15)12-16)14-7-4-3-5-8-14;1-11-9-14-13(12-5-3-2-4-6-12)7-8-16(15(14)10-11)17(18,19)20;;;;/h3-13H,1-2H3;2-10H,1H3;2*1H3;;/q4*-1;;. The molecule has 0 aliphatic carbocycles. The van der Waals surface area contributed by atoms with Crippen molar-refractivity contribution in [2.45, 2.75) is 32.9 Å². The number of fused-ring (bicyclic) bond motifs is 2. The summed E-state index contributed by atoms with van der Waals surface area (Å²) in [7, 11) is 0. The number of rotatable bonds is 3. The van der Waals surface area contributed by atoms with Crippen LogP contribution in [0.15, 0.2) is 115 Å². The van der Waals surface area contributed by atoms with Gasteiger partial charge in [-0.2, -0.15) is 25.3 Å². The molecule has 0 bridgehead atoms. The number of halogens is 3. The van der Waals surface area contributed by atoms with E-state index in [0.29, 0.717) is 11.3 Å². The van der Waals surface area contributed by atoms with Crippen LogP contribution in [-0.2, 0) is 29.5 Å². The van der Waals surface area contributed by atoms with E-state index in [0.717, 1.165) is 16.7 Å². The van der Waals surface area contributed by atoms with Crippen LogP contribution in [-0.4, -0.2) is 6.88 Å². The maximum atomic E-state index is 13.1. The topological polar surface area (TPSA) is 0 Å². The average Bonchev–Trinajstić information content (AvgIpc) is 3.58. The molecule has 0 aliphatic rings. The fourth-order valence-electron chi connectivity index (χ4n) is 5.02. The first kappa shape index (κ1) is 35.2. The van der Waals surface area contributed by atoms with Gasteiger partial charge in [-0.05, 0) is 22.6 Å². The number of hydrogen-bond donors (Lipinski definition) is 0. The zero-order valence-corrected chi connectivity index (χ0v) is 28.1. The van der Waals surface area contributed by atoms with Crippen molar-refractivity contribution in [3.8, 4) is 22.3 Å². The van der Waals surface area contributed by atoms with Crippen molar-refractivity contribution in [3.63, 3.8) is 0 Å². The van der Waals surface area contributed by atoms with Gasteiger partial charge in [0.1, 0.15) is 0 Å². The van der Waals surface area contributed by atoms with Gasteiger partial charge in [-0.15, -0.1) is 56.9 Å². The molecule has 42 heavy (non-hydrogen) atoms. The molecule has 0 heterocycles. The predicted molar refractivity (Wildman–Crippen MR) is 172 cm³/mol. The molecule has 0 N–H and O–H groups in total. The Hall–Kier alpha value is -3.01. The van der Waals surface area contributed by atoms with E-state index in [1.807, 2.05) is 43.3 Å². The number of hydrogen-bond acceptors (Lipinski definition) is 0. The summed E-state index contributed by atoms with van der Waals surface area (Å²) in [6, 6.07) is 37.4. The van der Waals surface area contributed by atoms with Crippen LogP contribution in [0.25, 0.3) is 43.8 Å². The van der Waals surface area contributed by atoms with Gasteiger partial charge in [0.15, 0.2) is 0 Å². The van der Waals surface area contributed by atoms with Crippen molar-refractivity contribution >= 4 is 28.4 Å². The second-order valence-electron chi connectivity index (χ2n) is 10.0.